The van der Waals surface area contributed by atoms with Crippen LogP contribution in [0.2, 0.25) is 0 Å². The number of hydrogen-bond acceptors (Lipinski definition) is 2. The minimum Gasteiger partial charge on any atom is -0.361 e. The average Bonchev–Trinajstić information content (AvgIpc) is 3.10. The third kappa shape index (κ3) is 2.79. The Balaban J connectivity index is 1.79. The molecule has 1 unspecified atom stereocenters. The van der Waals surface area contributed by atoms with Gasteiger partial charge in [-0.3, -0.25) is 4.98 Å². The van der Waals surface area contributed by atoms with Gasteiger partial charge >= 0.3 is 0 Å². The molecule has 0 radical (unpaired) electrons. The summed E-state index contributed by atoms with van der Waals surface area (Å²) in [6.07, 6.45) is 4.91. The summed E-state index contributed by atoms with van der Waals surface area (Å²) in [6, 6.07) is 19.6. The molecule has 2 aromatic heterocycles. The number of hydrogen-bond donors (Lipinski definition) is 2. The van der Waals surface area contributed by atoms with E-state index in [1.54, 1.807) is 0 Å². The maximum absolute atomic E-state index is 4.43. The summed E-state index contributed by atoms with van der Waals surface area (Å²) >= 11 is 0. The van der Waals surface area contributed by atoms with Gasteiger partial charge in [0.2, 0.25) is 0 Å². The maximum atomic E-state index is 4.43. The predicted molar refractivity (Wildman–Crippen MR) is 100 cm³/mol. The number of rotatable bonds is 5. The Kier molecular flexibility index (Phi) is 4.01. The lowest BCUT2D eigenvalue weighted by atomic mass is 9.87. The van der Waals surface area contributed by atoms with Crippen molar-refractivity contribution in [2.75, 3.05) is 13.6 Å². The molecule has 24 heavy (non-hydrogen) atoms. The maximum Gasteiger partial charge on any atom is 0.0702 e. The number of H-pyrrole nitrogens is 1. The molecule has 3 heteroatoms. The van der Waals surface area contributed by atoms with E-state index in [2.05, 4.69) is 63.8 Å². The van der Waals surface area contributed by atoms with Crippen LogP contribution in [0.4, 0.5) is 0 Å². The zero-order valence-electron chi connectivity index (χ0n) is 13.8. The second-order valence-corrected chi connectivity index (χ2v) is 6.22. The first-order valence-electron chi connectivity index (χ1n) is 8.41. The van der Waals surface area contributed by atoms with Crippen molar-refractivity contribution < 1.29 is 0 Å². The molecule has 0 fully saturated rings. The van der Waals surface area contributed by atoms with Gasteiger partial charge in [0.15, 0.2) is 0 Å². The topological polar surface area (TPSA) is 40.7 Å². The van der Waals surface area contributed by atoms with E-state index >= 15 is 0 Å². The van der Waals surface area contributed by atoms with Crippen LogP contribution in [0.25, 0.3) is 21.8 Å². The first-order chi connectivity index (χ1) is 11.8. The number of fused-ring (bicyclic) bond motifs is 2. The smallest absolute Gasteiger partial charge is 0.0702 e. The van der Waals surface area contributed by atoms with E-state index in [1.807, 2.05) is 25.5 Å². The second-order valence-electron chi connectivity index (χ2n) is 6.22. The molecule has 0 aliphatic carbocycles. The van der Waals surface area contributed by atoms with Crippen LogP contribution in [-0.4, -0.2) is 23.6 Å². The van der Waals surface area contributed by atoms with Crippen molar-refractivity contribution in [3.63, 3.8) is 0 Å². The van der Waals surface area contributed by atoms with Gasteiger partial charge in [-0.05, 0) is 72.9 Å². The summed E-state index contributed by atoms with van der Waals surface area (Å²) in [4.78, 5) is 7.71. The molecule has 2 aromatic carbocycles. The number of benzene rings is 2. The Morgan fingerprint density at radius 3 is 2.71 bits per heavy atom. The summed E-state index contributed by atoms with van der Waals surface area (Å²) in [5, 5.41) is 5.76. The highest BCUT2D eigenvalue weighted by atomic mass is 14.8. The molecule has 0 aliphatic rings. The Hall–Kier alpha value is -2.65. The molecule has 3 nitrogen and oxygen atoms in total. The van der Waals surface area contributed by atoms with Crippen molar-refractivity contribution in [1.82, 2.24) is 15.3 Å². The monoisotopic (exact) mass is 315 g/mol. The first-order valence-corrected chi connectivity index (χ1v) is 8.41. The molecule has 120 valence electrons. The molecule has 0 spiro atoms. The summed E-state index contributed by atoms with van der Waals surface area (Å²) in [5.41, 5.74) is 4.95. The van der Waals surface area contributed by atoms with E-state index < -0.39 is 0 Å². The molecule has 0 aliphatic heterocycles. The van der Waals surface area contributed by atoms with Crippen LogP contribution in [0.5, 0.6) is 0 Å². The van der Waals surface area contributed by atoms with Crippen molar-refractivity contribution in [3.05, 3.63) is 78.1 Å². The molecular formula is C21H21N3. The Bertz CT molecular complexity index is 971. The van der Waals surface area contributed by atoms with Crippen molar-refractivity contribution >= 4 is 21.8 Å². The van der Waals surface area contributed by atoms with E-state index in [0.29, 0.717) is 5.92 Å². The lowest BCUT2D eigenvalue weighted by molar-refractivity contribution is 0.662. The van der Waals surface area contributed by atoms with Gasteiger partial charge < -0.3 is 10.3 Å². The zero-order valence-corrected chi connectivity index (χ0v) is 13.8. The molecule has 4 rings (SSSR count). The number of aromatic nitrogens is 2. The van der Waals surface area contributed by atoms with Crippen molar-refractivity contribution in [2.24, 2.45) is 0 Å². The number of nitrogens with zero attached hydrogens (tertiary/aromatic N) is 1. The molecule has 0 bridgehead atoms. The SMILES string of the molecule is CNCCC(c1ccc2ncccc2c1)c1ccc2[nH]ccc2c1. The normalized spacial score (nSPS) is 12.7. The van der Waals surface area contributed by atoms with Crippen LogP contribution >= 0.6 is 0 Å². The predicted octanol–water partition coefficient (Wildman–Crippen LogP) is 4.46. The van der Waals surface area contributed by atoms with Crippen LogP contribution in [0, 0.1) is 0 Å². The molecule has 0 saturated carbocycles. The highest BCUT2D eigenvalue weighted by Gasteiger charge is 2.15. The largest absolute Gasteiger partial charge is 0.361 e. The third-order valence-electron chi connectivity index (χ3n) is 4.69. The summed E-state index contributed by atoms with van der Waals surface area (Å²) in [5.74, 6) is 0.376. The minimum atomic E-state index is 0.376. The molecule has 4 aromatic rings. The zero-order chi connectivity index (χ0) is 16.4. The van der Waals surface area contributed by atoms with E-state index in [9.17, 15) is 0 Å². The lowest BCUT2D eigenvalue weighted by Crippen LogP contribution is -2.13. The lowest BCUT2D eigenvalue weighted by Gasteiger charge is -2.19. The standard InChI is InChI=1S/C21H21N3/c1-22-11-9-19(16-5-7-21-18(14-16)8-12-24-21)15-4-6-20-17(13-15)3-2-10-23-20/h2-8,10,12-14,19,22,24H,9,11H2,1H3. The number of pyridine rings is 1. The van der Waals surface area contributed by atoms with Crippen molar-refractivity contribution in [3.8, 4) is 0 Å². The number of nitrogens with one attached hydrogen (secondary N) is 2. The van der Waals surface area contributed by atoms with Crippen molar-refractivity contribution in [2.45, 2.75) is 12.3 Å². The van der Waals surface area contributed by atoms with Crippen LogP contribution < -0.4 is 5.32 Å². The Labute approximate surface area is 141 Å². The molecule has 0 amide bonds. The summed E-state index contributed by atoms with van der Waals surface area (Å²) in [7, 11) is 2.01. The average molecular weight is 315 g/mol. The van der Waals surface area contributed by atoms with Crippen LogP contribution in [0.1, 0.15) is 23.5 Å². The van der Waals surface area contributed by atoms with Gasteiger partial charge in [0.25, 0.3) is 0 Å². The van der Waals surface area contributed by atoms with Crippen LogP contribution in [0.15, 0.2) is 67.0 Å². The number of aromatic amines is 1. The van der Waals surface area contributed by atoms with E-state index in [-0.39, 0.29) is 0 Å². The van der Waals surface area contributed by atoms with E-state index in [4.69, 9.17) is 0 Å². The third-order valence-corrected chi connectivity index (χ3v) is 4.69. The summed E-state index contributed by atoms with van der Waals surface area (Å²) < 4.78 is 0. The Morgan fingerprint density at radius 1 is 1.00 bits per heavy atom. The minimum absolute atomic E-state index is 0.376. The molecular weight excluding hydrogens is 294 g/mol. The summed E-state index contributed by atoms with van der Waals surface area (Å²) in [6.45, 7) is 0.987. The highest BCUT2D eigenvalue weighted by molar-refractivity contribution is 5.81. The van der Waals surface area contributed by atoms with Crippen molar-refractivity contribution in [1.29, 1.82) is 0 Å². The molecule has 1 atom stereocenters. The quantitative estimate of drug-likeness (QED) is 0.571. The van der Waals surface area contributed by atoms with Crippen LogP contribution in [-0.2, 0) is 0 Å². The Morgan fingerprint density at radius 2 is 1.83 bits per heavy atom. The van der Waals surface area contributed by atoms with E-state index in [0.717, 1.165) is 18.5 Å². The van der Waals surface area contributed by atoms with Gasteiger partial charge in [-0.2, -0.15) is 0 Å². The molecule has 2 heterocycles. The van der Waals surface area contributed by atoms with Gasteiger partial charge in [0, 0.05) is 29.2 Å². The van der Waals surface area contributed by atoms with E-state index in [1.165, 1.54) is 27.4 Å². The highest BCUT2D eigenvalue weighted by Crippen LogP contribution is 2.31. The van der Waals surface area contributed by atoms with Gasteiger partial charge in [0.1, 0.15) is 0 Å². The fourth-order valence-corrected chi connectivity index (χ4v) is 3.41. The fourth-order valence-electron chi connectivity index (χ4n) is 3.41. The molecule has 2 N–H and O–H groups in total. The van der Waals surface area contributed by atoms with Crippen LogP contribution in [0.3, 0.4) is 0 Å². The first kappa shape index (κ1) is 14.9. The van der Waals surface area contributed by atoms with Gasteiger partial charge in [-0.15, -0.1) is 0 Å². The van der Waals surface area contributed by atoms with Gasteiger partial charge in [-0.25, -0.2) is 0 Å². The van der Waals surface area contributed by atoms with Gasteiger partial charge in [0.05, 0.1) is 5.52 Å². The fraction of sp³-hybridized carbons (Fsp3) is 0.190. The van der Waals surface area contributed by atoms with Gasteiger partial charge in [-0.1, -0.05) is 18.2 Å². The second kappa shape index (κ2) is 6.46. The molecule has 0 saturated heterocycles.